The molecule has 0 amide bonds. The molecule has 0 fully saturated rings. The maximum atomic E-state index is 5.76. The van der Waals surface area contributed by atoms with Gasteiger partial charge in [0.1, 0.15) is 11.6 Å². The van der Waals surface area contributed by atoms with Crippen LogP contribution in [0.2, 0.25) is 0 Å². The van der Waals surface area contributed by atoms with E-state index < -0.39 is 0 Å². The largest absolute Gasteiger partial charge is 0.493 e. The van der Waals surface area contributed by atoms with Gasteiger partial charge in [-0.15, -0.1) is 0 Å². The third kappa shape index (κ3) is 3.61. The Morgan fingerprint density at radius 3 is 2.60 bits per heavy atom. The first-order chi connectivity index (χ1) is 9.74. The SMILES string of the molecule is CCC(NC)c1ccc(OCCc2nccn2C)cc1. The van der Waals surface area contributed by atoms with Crippen LogP contribution in [-0.2, 0) is 13.5 Å². The maximum absolute atomic E-state index is 5.76. The van der Waals surface area contributed by atoms with Crippen LogP contribution < -0.4 is 10.1 Å². The molecule has 108 valence electrons. The summed E-state index contributed by atoms with van der Waals surface area (Å²) in [4.78, 5) is 4.28. The smallest absolute Gasteiger partial charge is 0.119 e. The quantitative estimate of drug-likeness (QED) is 0.843. The first-order valence-corrected chi connectivity index (χ1v) is 7.10. The Balaban J connectivity index is 1.86. The van der Waals surface area contributed by atoms with E-state index in [0.717, 1.165) is 24.4 Å². The van der Waals surface area contributed by atoms with Crippen LogP contribution in [0.3, 0.4) is 0 Å². The summed E-state index contributed by atoms with van der Waals surface area (Å²) in [7, 11) is 3.99. The Hall–Kier alpha value is -1.81. The Kier molecular flexibility index (Phi) is 5.18. The average molecular weight is 273 g/mol. The molecule has 4 nitrogen and oxygen atoms in total. The molecule has 1 N–H and O–H groups in total. The lowest BCUT2D eigenvalue weighted by Gasteiger charge is -2.14. The predicted octanol–water partition coefficient (Wildman–Crippen LogP) is 2.71. The highest BCUT2D eigenvalue weighted by Crippen LogP contribution is 2.19. The van der Waals surface area contributed by atoms with E-state index in [9.17, 15) is 0 Å². The van der Waals surface area contributed by atoms with Gasteiger partial charge in [-0.25, -0.2) is 4.98 Å². The van der Waals surface area contributed by atoms with E-state index in [1.165, 1.54) is 5.56 Å². The van der Waals surface area contributed by atoms with Gasteiger partial charge in [-0.2, -0.15) is 0 Å². The minimum atomic E-state index is 0.414. The van der Waals surface area contributed by atoms with E-state index in [1.54, 1.807) is 0 Å². The molecular weight excluding hydrogens is 250 g/mol. The van der Waals surface area contributed by atoms with Gasteiger partial charge >= 0.3 is 0 Å². The van der Waals surface area contributed by atoms with Crippen LogP contribution in [0.5, 0.6) is 5.75 Å². The van der Waals surface area contributed by atoms with Crippen molar-refractivity contribution in [2.45, 2.75) is 25.8 Å². The molecule has 1 aromatic carbocycles. The third-order valence-corrected chi connectivity index (χ3v) is 3.55. The minimum Gasteiger partial charge on any atom is -0.493 e. The van der Waals surface area contributed by atoms with Crippen LogP contribution in [0.4, 0.5) is 0 Å². The normalized spacial score (nSPS) is 12.3. The number of aryl methyl sites for hydroxylation is 1. The highest BCUT2D eigenvalue weighted by molar-refractivity contribution is 5.29. The molecule has 0 radical (unpaired) electrons. The van der Waals surface area contributed by atoms with Crippen LogP contribution in [0, 0.1) is 0 Å². The van der Waals surface area contributed by atoms with E-state index in [-0.39, 0.29) is 0 Å². The van der Waals surface area contributed by atoms with Crippen molar-refractivity contribution in [1.29, 1.82) is 0 Å². The molecule has 0 aliphatic heterocycles. The van der Waals surface area contributed by atoms with Crippen LogP contribution in [-0.4, -0.2) is 23.2 Å². The number of rotatable bonds is 7. The first kappa shape index (κ1) is 14.6. The van der Waals surface area contributed by atoms with Crippen LogP contribution in [0.25, 0.3) is 0 Å². The molecule has 1 atom stereocenters. The zero-order valence-corrected chi connectivity index (χ0v) is 12.5. The Bertz CT molecular complexity index is 515. The fraction of sp³-hybridized carbons (Fsp3) is 0.438. The van der Waals surface area contributed by atoms with Gasteiger partial charge in [0.05, 0.1) is 6.61 Å². The van der Waals surface area contributed by atoms with E-state index in [4.69, 9.17) is 4.74 Å². The topological polar surface area (TPSA) is 39.1 Å². The average Bonchev–Trinajstić information content (AvgIpc) is 2.87. The third-order valence-electron chi connectivity index (χ3n) is 3.55. The van der Waals surface area contributed by atoms with E-state index in [0.29, 0.717) is 12.6 Å². The second-order valence-electron chi connectivity index (χ2n) is 4.87. The molecule has 2 aromatic rings. The van der Waals surface area contributed by atoms with Crippen molar-refractivity contribution in [3.05, 3.63) is 48.0 Å². The van der Waals surface area contributed by atoms with Gasteiger partial charge in [0.15, 0.2) is 0 Å². The maximum Gasteiger partial charge on any atom is 0.119 e. The van der Waals surface area contributed by atoms with Crippen molar-refractivity contribution in [2.75, 3.05) is 13.7 Å². The second-order valence-corrected chi connectivity index (χ2v) is 4.87. The molecule has 1 aromatic heterocycles. The number of hydrogen-bond acceptors (Lipinski definition) is 3. The summed E-state index contributed by atoms with van der Waals surface area (Å²) in [6.45, 7) is 2.83. The summed E-state index contributed by atoms with van der Waals surface area (Å²) in [5.41, 5.74) is 1.30. The number of nitrogens with zero attached hydrogens (tertiary/aromatic N) is 2. The van der Waals surface area contributed by atoms with Crippen LogP contribution in [0.1, 0.15) is 30.8 Å². The zero-order chi connectivity index (χ0) is 14.4. The van der Waals surface area contributed by atoms with Gasteiger partial charge in [0.25, 0.3) is 0 Å². The van der Waals surface area contributed by atoms with Crippen LogP contribution >= 0.6 is 0 Å². The summed E-state index contributed by atoms with van der Waals surface area (Å²) in [6, 6.07) is 8.74. The van der Waals surface area contributed by atoms with Gasteiger partial charge in [-0.05, 0) is 31.2 Å². The van der Waals surface area contributed by atoms with Crippen molar-refractivity contribution >= 4 is 0 Å². The van der Waals surface area contributed by atoms with Gasteiger partial charge in [0, 0.05) is 31.9 Å². The highest BCUT2D eigenvalue weighted by Gasteiger charge is 2.06. The predicted molar refractivity (Wildman–Crippen MR) is 80.9 cm³/mol. The minimum absolute atomic E-state index is 0.414. The molecule has 0 bridgehead atoms. The van der Waals surface area contributed by atoms with E-state index in [2.05, 4.69) is 29.4 Å². The Morgan fingerprint density at radius 2 is 2.05 bits per heavy atom. The number of imidazole rings is 1. The molecule has 0 aliphatic carbocycles. The van der Waals surface area contributed by atoms with Gasteiger partial charge in [-0.1, -0.05) is 19.1 Å². The molecule has 2 rings (SSSR count). The highest BCUT2D eigenvalue weighted by atomic mass is 16.5. The second kappa shape index (κ2) is 7.10. The standard InChI is InChI=1S/C16H23N3O/c1-4-15(17-2)13-5-7-14(8-6-13)20-12-9-16-18-10-11-19(16)3/h5-8,10-11,15,17H,4,9,12H2,1-3H3. The molecular formula is C16H23N3O. The summed E-state index contributed by atoms with van der Waals surface area (Å²) in [5, 5.41) is 3.30. The number of benzene rings is 1. The fourth-order valence-corrected chi connectivity index (χ4v) is 2.30. The molecule has 4 heteroatoms. The first-order valence-electron chi connectivity index (χ1n) is 7.10. The van der Waals surface area contributed by atoms with Crippen molar-refractivity contribution < 1.29 is 4.74 Å². The lowest BCUT2D eigenvalue weighted by molar-refractivity contribution is 0.317. The fourth-order valence-electron chi connectivity index (χ4n) is 2.30. The summed E-state index contributed by atoms with van der Waals surface area (Å²) in [6.07, 6.45) is 5.66. The number of nitrogens with one attached hydrogen (secondary N) is 1. The zero-order valence-electron chi connectivity index (χ0n) is 12.5. The number of aromatic nitrogens is 2. The summed E-state index contributed by atoms with van der Waals surface area (Å²) >= 11 is 0. The molecule has 0 aliphatic rings. The summed E-state index contributed by atoms with van der Waals surface area (Å²) in [5.74, 6) is 1.96. The van der Waals surface area contributed by atoms with Gasteiger partial charge < -0.3 is 14.6 Å². The van der Waals surface area contributed by atoms with Gasteiger partial charge in [-0.3, -0.25) is 0 Å². The lowest BCUT2D eigenvalue weighted by atomic mass is 10.1. The Labute approximate surface area is 120 Å². The van der Waals surface area contributed by atoms with Crippen LogP contribution in [0.15, 0.2) is 36.7 Å². The molecule has 1 unspecified atom stereocenters. The molecule has 0 saturated heterocycles. The molecule has 0 saturated carbocycles. The molecule has 20 heavy (non-hydrogen) atoms. The van der Waals surface area contributed by atoms with Crippen molar-refractivity contribution in [3.8, 4) is 5.75 Å². The van der Waals surface area contributed by atoms with Gasteiger partial charge in [0.2, 0.25) is 0 Å². The lowest BCUT2D eigenvalue weighted by Crippen LogP contribution is -2.15. The van der Waals surface area contributed by atoms with Crippen molar-refractivity contribution in [1.82, 2.24) is 14.9 Å². The molecule has 0 spiro atoms. The monoisotopic (exact) mass is 273 g/mol. The number of hydrogen-bond donors (Lipinski definition) is 1. The van der Waals surface area contributed by atoms with Crippen molar-refractivity contribution in [2.24, 2.45) is 7.05 Å². The molecule has 1 heterocycles. The Morgan fingerprint density at radius 1 is 1.30 bits per heavy atom. The number of ether oxygens (including phenoxy) is 1. The van der Waals surface area contributed by atoms with E-state index >= 15 is 0 Å². The van der Waals surface area contributed by atoms with E-state index in [1.807, 2.05) is 43.2 Å². The van der Waals surface area contributed by atoms with Crippen molar-refractivity contribution in [3.63, 3.8) is 0 Å². The summed E-state index contributed by atoms with van der Waals surface area (Å²) < 4.78 is 7.78.